The molecule has 1 amide bonds. The van der Waals surface area contributed by atoms with Crippen molar-refractivity contribution in [3.05, 3.63) is 29.8 Å². The van der Waals surface area contributed by atoms with Crippen molar-refractivity contribution in [2.24, 2.45) is 5.92 Å². The summed E-state index contributed by atoms with van der Waals surface area (Å²) in [5, 5.41) is 9.09. The number of likely N-dealkylation sites (tertiary alicyclic amines) is 1. The number of carbonyl (C=O) groups excluding carboxylic acids is 1. The second-order valence-corrected chi connectivity index (χ2v) is 5.30. The smallest absolute Gasteiger partial charge is 0.308 e. The van der Waals surface area contributed by atoms with Gasteiger partial charge in [-0.2, -0.15) is 0 Å². The van der Waals surface area contributed by atoms with Crippen LogP contribution in [-0.4, -0.2) is 41.6 Å². The van der Waals surface area contributed by atoms with Gasteiger partial charge in [0.25, 0.3) is 5.91 Å². The van der Waals surface area contributed by atoms with Gasteiger partial charge >= 0.3 is 5.97 Å². The molecule has 0 aliphatic carbocycles. The number of hydrogen-bond acceptors (Lipinski definition) is 3. The highest BCUT2D eigenvalue weighted by Gasteiger charge is 2.28. The van der Waals surface area contributed by atoms with Crippen molar-refractivity contribution in [3.8, 4) is 5.75 Å². The van der Waals surface area contributed by atoms with Crippen LogP contribution in [0.2, 0.25) is 0 Å². The first-order valence-corrected chi connectivity index (χ1v) is 7.36. The molecule has 1 atom stereocenters. The van der Waals surface area contributed by atoms with Crippen LogP contribution in [0.5, 0.6) is 5.75 Å². The number of benzene rings is 1. The number of amides is 1. The molecule has 1 aromatic carbocycles. The molecule has 0 bridgehead atoms. The minimum atomic E-state index is -0.826. The van der Waals surface area contributed by atoms with Gasteiger partial charge in [-0.3, -0.25) is 9.59 Å². The lowest BCUT2D eigenvalue weighted by Gasteiger charge is -2.30. The van der Waals surface area contributed by atoms with E-state index in [0.717, 1.165) is 12.8 Å². The average Bonchev–Trinajstić information content (AvgIpc) is 2.52. The fourth-order valence-electron chi connectivity index (χ4n) is 2.48. The lowest BCUT2D eigenvalue weighted by atomic mass is 9.97. The zero-order valence-electron chi connectivity index (χ0n) is 12.2. The van der Waals surface area contributed by atoms with Gasteiger partial charge in [0.2, 0.25) is 0 Å². The van der Waals surface area contributed by atoms with Crippen LogP contribution >= 0.6 is 0 Å². The second-order valence-electron chi connectivity index (χ2n) is 5.30. The van der Waals surface area contributed by atoms with Gasteiger partial charge < -0.3 is 14.7 Å². The lowest BCUT2D eigenvalue weighted by molar-refractivity contribution is -0.143. The summed E-state index contributed by atoms with van der Waals surface area (Å²) in [7, 11) is 0. The fraction of sp³-hybridized carbons (Fsp3) is 0.500. The second kappa shape index (κ2) is 7.11. The van der Waals surface area contributed by atoms with E-state index in [0.29, 0.717) is 30.9 Å². The number of nitrogens with zero attached hydrogens (tertiary/aromatic N) is 1. The van der Waals surface area contributed by atoms with Crippen LogP contribution < -0.4 is 4.74 Å². The van der Waals surface area contributed by atoms with Crippen molar-refractivity contribution >= 4 is 11.9 Å². The Morgan fingerprint density at radius 3 is 2.95 bits per heavy atom. The predicted molar refractivity (Wildman–Crippen MR) is 78.5 cm³/mol. The molecule has 21 heavy (non-hydrogen) atoms. The molecular weight excluding hydrogens is 270 g/mol. The Hall–Kier alpha value is -2.04. The quantitative estimate of drug-likeness (QED) is 0.904. The summed E-state index contributed by atoms with van der Waals surface area (Å²) in [4.78, 5) is 25.2. The summed E-state index contributed by atoms with van der Waals surface area (Å²) < 4.78 is 5.53. The van der Waals surface area contributed by atoms with Crippen LogP contribution in [0.15, 0.2) is 24.3 Å². The molecule has 5 nitrogen and oxygen atoms in total. The minimum absolute atomic E-state index is 0.122. The van der Waals surface area contributed by atoms with Gasteiger partial charge in [0.05, 0.1) is 12.5 Å². The molecule has 0 radical (unpaired) electrons. The number of piperidine rings is 1. The van der Waals surface area contributed by atoms with Crippen LogP contribution in [0.25, 0.3) is 0 Å². The molecule has 0 spiro atoms. The van der Waals surface area contributed by atoms with Crippen LogP contribution in [0.3, 0.4) is 0 Å². The highest BCUT2D eigenvalue weighted by Crippen LogP contribution is 2.21. The highest BCUT2D eigenvalue weighted by molar-refractivity contribution is 5.95. The first-order valence-electron chi connectivity index (χ1n) is 7.36. The molecule has 2 rings (SSSR count). The van der Waals surface area contributed by atoms with Gasteiger partial charge in [0.15, 0.2) is 0 Å². The summed E-state index contributed by atoms with van der Waals surface area (Å²) in [5.74, 6) is -0.729. The van der Waals surface area contributed by atoms with Crippen molar-refractivity contribution in [2.75, 3.05) is 19.7 Å². The van der Waals surface area contributed by atoms with Crippen LogP contribution in [0.4, 0.5) is 0 Å². The number of carboxylic acid groups (broad SMARTS) is 1. The number of hydrogen-bond donors (Lipinski definition) is 1. The molecule has 1 aliphatic heterocycles. The van der Waals surface area contributed by atoms with Crippen molar-refractivity contribution in [1.82, 2.24) is 4.90 Å². The number of carboxylic acids is 1. The highest BCUT2D eigenvalue weighted by atomic mass is 16.5. The van der Waals surface area contributed by atoms with Crippen LogP contribution in [0, 0.1) is 5.92 Å². The summed E-state index contributed by atoms with van der Waals surface area (Å²) in [6, 6.07) is 7.08. The van der Waals surface area contributed by atoms with Gasteiger partial charge in [0.1, 0.15) is 5.75 Å². The van der Waals surface area contributed by atoms with Gasteiger partial charge in [-0.1, -0.05) is 13.0 Å². The van der Waals surface area contributed by atoms with E-state index >= 15 is 0 Å². The maximum Gasteiger partial charge on any atom is 0.308 e. The molecule has 0 unspecified atom stereocenters. The Bertz CT molecular complexity index is 515. The summed E-state index contributed by atoms with van der Waals surface area (Å²) in [6.07, 6.45) is 2.28. The first kappa shape index (κ1) is 15.4. The van der Waals surface area contributed by atoms with E-state index in [9.17, 15) is 9.59 Å². The maximum absolute atomic E-state index is 12.5. The molecule has 0 aromatic heterocycles. The Morgan fingerprint density at radius 2 is 2.24 bits per heavy atom. The lowest BCUT2D eigenvalue weighted by Crippen LogP contribution is -2.42. The third kappa shape index (κ3) is 3.97. The monoisotopic (exact) mass is 291 g/mol. The zero-order chi connectivity index (χ0) is 15.2. The maximum atomic E-state index is 12.5. The van der Waals surface area contributed by atoms with Gasteiger partial charge in [-0.05, 0) is 37.5 Å². The molecule has 1 N–H and O–H groups in total. The number of aliphatic carboxylic acids is 1. The molecule has 1 fully saturated rings. The molecule has 5 heteroatoms. The van der Waals surface area contributed by atoms with Gasteiger partial charge in [-0.15, -0.1) is 0 Å². The zero-order valence-corrected chi connectivity index (χ0v) is 12.2. The number of carbonyl (C=O) groups is 2. The molecule has 0 saturated carbocycles. The molecule has 1 aromatic rings. The van der Waals surface area contributed by atoms with E-state index < -0.39 is 11.9 Å². The van der Waals surface area contributed by atoms with Crippen LogP contribution in [-0.2, 0) is 4.79 Å². The fourth-order valence-corrected chi connectivity index (χ4v) is 2.48. The largest absolute Gasteiger partial charge is 0.494 e. The Balaban J connectivity index is 2.06. The average molecular weight is 291 g/mol. The van der Waals surface area contributed by atoms with E-state index in [1.807, 2.05) is 13.0 Å². The number of rotatable bonds is 5. The Labute approximate surface area is 124 Å². The van der Waals surface area contributed by atoms with E-state index in [-0.39, 0.29) is 12.5 Å². The summed E-state index contributed by atoms with van der Waals surface area (Å²) in [6.45, 7) is 3.54. The number of ether oxygens (including phenoxy) is 1. The standard InChI is InChI=1S/C16H21NO4/c1-2-9-21-14-7-3-5-12(10-14)15(18)17-8-4-6-13(11-17)16(19)20/h3,5,7,10,13H,2,4,6,8-9,11H2,1H3,(H,19,20)/t13-/m1/s1. The van der Waals surface area contributed by atoms with E-state index in [1.165, 1.54) is 0 Å². The van der Waals surface area contributed by atoms with E-state index in [4.69, 9.17) is 9.84 Å². The molecule has 1 saturated heterocycles. The third-order valence-electron chi connectivity index (χ3n) is 3.61. The normalized spacial score (nSPS) is 18.3. The van der Waals surface area contributed by atoms with E-state index in [2.05, 4.69) is 0 Å². The first-order chi connectivity index (χ1) is 10.1. The van der Waals surface area contributed by atoms with E-state index in [1.54, 1.807) is 23.1 Å². The van der Waals surface area contributed by atoms with Crippen molar-refractivity contribution in [1.29, 1.82) is 0 Å². The predicted octanol–water partition coefficient (Wildman–Crippen LogP) is 2.41. The summed E-state index contributed by atoms with van der Waals surface area (Å²) in [5.41, 5.74) is 0.551. The molecular formula is C16H21NO4. The summed E-state index contributed by atoms with van der Waals surface area (Å²) >= 11 is 0. The van der Waals surface area contributed by atoms with Crippen molar-refractivity contribution in [3.63, 3.8) is 0 Å². The van der Waals surface area contributed by atoms with Crippen LogP contribution in [0.1, 0.15) is 36.5 Å². The molecule has 114 valence electrons. The topological polar surface area (TPSA) is 66.8 Å². The Kier molecular flexibility index (Phi) is 5.20. The van der Waals surface area contributed by atoms with Crippen molar-refractivity contribution in [2.45, 2.75) is 26.2 Å². The molecule has 1 aliphatic rings. The SMILES string of the molecule is CCCOc1cccc(C(=O)N2CCC[C@@H](C(=O)O)C2)c1. The Morgan fingerprint density at radius 1 is 1.43 bits per heavy atom. The van der Waals surface area contributed by atoms with Crippen molar-refractivity contribution < 1.29 is 19.4 Å². The van der Waals surface area contributed by atoms with Gasteiger partial charge in [0, 0.05) is 18.7 Å². The third-order valence-corrected chi connectivity index (χ3v) is 3.61. The minimum Gasteiger partial charge on any atom is -0.494 e. The van der Waals surface area contributed by atoms with Gasteiger partial charge in [-0.25, -0.2) is 0 Å². The molecule has 1 heterocycles.